The highest BCUT2D eigenvalue weighted by Gasteiger charge is 2.36. The van der Waals surface area contributed by atoms with E-state index in [-0.39, 0.29) is 18.6 Å². The Bertz CT molecular complexity index is 374. The molecule has 1 aromatic rings. The Morgan fingerprint density at radius 2 is 1.94 bits per heavy atom. The van der Waals surface area contributed by atoms with Crippen LogP contribution in [-0.4, -0.2) is 23.9 Å². The molecule has 3 nitrogen and oxygen atoms in total. The molecule has 0 heterocycles. The Kier molecular flexibility index (Phi) is 3.64. The smallest absolute Gasteiger partial charge is 0.420 e. The van der Waals surface area contributed by atoms with Crippen molar-refractivity contribution in [1.82, 2.24) is 0 Å². The van der Waals surface area contributed by atoms with Gasteiger partial charge in [-0.15, -0.1) is 0 Å². The van der Waals surface area contributed by atoms with E-state index in [0.717, 1.165) is 19.2 Å². The van der Waals surface area contributed by atoms with Crippen LogP contribution in [0.5, 0.6) is 11.5 Å². The second kappa shape index (κ2) is 4.61. The van der Waals surface area contributed by atoms with Crippen LogP contribution >= 0.6 is 0 Å². The first-order valence-electron chi connectivity index (χ1n) is 4.48. The summed E-state index contributed by atoms with van der Waals surface area (Å²) in [5.41, 5.74) is -0.818. The predicted octanol–water partition coefficient (Wildman–Crippen LogP) is 1.95. The summed E-state index contributed by atoms with van der Waals surface area (Å²) in [5, 5.41) is 18.2. The summed E-state index contributed by atoms with van der Waals surface area (Å²) in [5.74, 6) is -1.19. The molecule has 0 fully saturated rings. The highest BCUT2D eigenvalue weighted by Crippen LogP contribution is 2.42. The molecule has 0 aliphatic rings. The van der Waals surface area contributed by atoms with E-state index in [0.29, 0.717) is 0 Å². The van der Waals surface area contributed by atoms with Crippen LogP contribution in [0, 0.1) is 0 Å². The number of halogens is 3. The molecule has 6 heteroatoms. The minimum Gasteiger partial charge on any atom is -0.504 e. The van der Waals surface area contributed by atoms with Gasteiger partial charge in [0.1, 0.15) is 5.56 Å². The van der Waals surface area contributed by atoms with Crippen LogP contribution in [-0.2, 0) is 12.6 Å². The molecule has 0 atom stereocenters. The van der Waals surface area contributed by atoms with Crippen molar-refractivity contribution in [3.05, 3.63) is 23.3 Å². The lowest BCUT2D eigenvalue weighted by atomic mass is 10.1. The average molecular weight is 236 g/mol. The molecule has 1 rings (SSSR count). The summed E-state index contributed by atoms with van der Waals surface area (Å²) in [6, 6.07) is 1.94. The Morgan fingerprint density at radius 1 is 1.31 bits per heavy atom. The molecule has 0 saturated heterocycles. The zero-order valence-corrected chi connectivity index (χ0v) is 8.51. The van der Waals surface area contributed by atoms with E-state index in [1.165, 1.54) is 0 Å². The Balaban J connectivity index is 3.29. The van der Waals surface area contributed by atoms with E-state index in [9.17, 15) is 18.3 Å². The van der Waals surface area contributed by atoms with Crippen molar-refractivity contribution in [3.8, 4) is 11.5 Å². The lowest BCUT2D eigenvalue weighted by molar-refractivity contribution is -0.138. The van der Waals surface area contributed by atoms with Gasteiger partial charge in [-0.05, 0) is 12.5 Å². The van der Waals surface area contributed by atoms with Crippen molar-refractivity contribution >= 4 is 0 Å². The number of aliphatic hydroxyl groups is 1. The van der Waals surface area contributed by atoms with Crippen LogP contribution in [0.15, 0.2) is 12.1 Å². The Labute approximate surface area is 90.1 Å². The van der Waals surface area contributed by atoms with E-state index in [2.05, 4.69) is 4.74 Å². The quantitative estimate of drug-likeness (QED) is 0.843. The first-order chi connectivity index (χ1) is 7.41. The number of methoxy groups -OCH3 is 1. The summed E-state index contributed by atoms with van der Waals surface area (Å²) in [6.45, 7) is -0.262. The molecule has 16 heavy (non-hydrogen) atoms. The van der Waals surface area contributed by atoms with Crippen LogP contribution in [0.3, 0.4) is 0 Å². The molecule has 0 bridgehead atoms. The van der Waals surface area contributed by atoms with Gasteiger partial charge in [0.2, 0.25) is 0 Å². The van der Waals surface area contributed by atoms with Gasteiger partial charge in [-0.2, -0.15) is 13.2 Å². The summed E-state index contributed by atoms with van der Waals surface area (Å²) in [6.07, 6.45) is -4.51. The third-order valence-corrected chi connectivity index (χ3v) is 2.11. The highest BCUT2D eigenvalue weighted by molar-refractivity contribution is 5.52. The van der Waals surface area contributed by atoms with Crippen molar-refractivity contribution in [2.45, 2.75) is 12.6 Å². The van der Waals surface area contributed by atoms with Gasteiger partial charge >= 0.3 is 6.18 Å². The first-order valence-corrected chi connectivity index (χ1v) is 4.48. The lowest BCUT2D eigenvalue weighted by Crippen LogP contribution is -2.08. The van der Waals surface area contributed by atoms with E-state index < -0.39 is 23.2 Å². The van der Waals surface area contributed by atoms with Crippen molar-refractivity contribution in [1.29, 1.82) is 0 Å². The van der Waals surface area contributed by atoms with Gasteiger partial charge in [0, 0.05) is 12.2 Å². The highest BCUT2D eigenvalue weighted by atomic mass is 19.4. The largest absolute Gasteiger partial charge is 0.504 e. The second-order valence-electron chi connectivity index (χ2n) is 3.13. The third kappa shape index (κ3) is 2.38. The molecule has 1 aromatic carbocycles. The number of hydrogen-bond acceptors (Lipinski definition) is 3. The molecule has 0 radical (unpaired) electrons. The van der Waals surface area contributed by atoms with Crippen LogP contribution in [0.4, 0.5) is 13.2 Å². The summed E-state index contributed by atoms with van der Waals surface area (Å²) < 4.78 is 42.0. The number of benzene rings is 1. The van der Waals surface area contributed by atoms with Gasteiger partial charge in [-0.25, -0.2) is 0 Å². The van der Waals surface area contributed by atoms with Crippen molar-refractivity contribution < 1.29 is 28.1 Å². The van der Waals surface area contributed by atoms with E-state index in [1.54, 1.807) is 0 Å². The van der Waals surface area contributed by atoms with Gasteiger partial charge in [-0.3, -0.25) is 0 Å². The fourth-order valence-electron chi connectivity index (χ4n) is 1.36. The monoisotopic (exact) mass is 236 g/mol. The van der Waals surface area contributed by atoms with E-state index >= 15 is 0 Å². The van der Waals surface area contributed by atoms with Crippen molar-refractivity contribution in [2.75, 3.05) is 13.7 Å². The standard InChI is InChI=1S/C10H11F3O3/c1-16-9-7(10(11,12)13)3-2-6(4-5-14)8(9)15/h2-3,14-15H,4-5H2,1H3. The number of phenols is 1. The SMILES string of the molecule is COc1c(C(F)(F)F)ccc(CCO)c1O. The van der Waals surface area contributed by atoms with E-state index in [1.807, 2.05) is 0 Å². The normalized spacial score (nSPS) is 11.6. The number of rotatable bonds is 3. The minimum atomic E-state index is -4.58. The summed E-state index contributed by atoms with van der Waals surface area (Å²) >= 11 is 0. The fourth-order valence-corrected chi connectivity index (χ4v) is 1.36. The maximum atomic E-state index is 12.5. The second-order valence-corrected chi connectivity index (χ2v) is 3.13. The molecule has 0 saturated carbocycles. The molecule has 0 aliphatic heterocycles. The van der Waals surface area contributed by atoms with Gasteiger partial charge in [0.05, 0.1) is 7.11 Å². The molecular weight excluding hydrogens is 225 g/mol. The van der Waals surface area contributed by atoms with Crippen LogP contribution in [0.25, 0.3) is 0 Å². The zero-order valence-electron chi connectivity index (χ0n) is 8.51. The molecule has 0 aromatic heterocycles. The van der Waals surface area contributed by atoms with Crippen molar-refractivity contribution in [2.24, 2.45) is 0 Å². The van der Waals surface area contributed by atoms with E-state index in [4.69, 9.17) is 5.11 Å². The molecule has 0 unspecified atom stereocenters. The van der Waals surface area contributed by atoms with Gasteiger partial charge < -0.3 is 14.9 Å². The topological polar surface area (TPSA) is 49.7 Å². The summed E-state index contributed by atoms with van der Waals surface area (Å²) in [7, 11) is 1.05. The Morgan fingerprint density at radius 3 is 2.38 bits per heavy atom. The average Bonchev–Trinajstić information content (AvgIpc) is 2.19. The third-order valence-electron chi connectivity index (χ3n) is 2.11. The maximum absolute atomic E-state index is 12.5. The Hall–Kier alpha value is -1.43. The zero-order chi connectivity index (χ0) is 12.3. The predicted molar refractivity (Wildman–Crippen MR) is 50.5 cm³/mol. The molecule has 0 amide bonds. The number of hydrogen-bond donors (Lipinski definition) is 2. The number of aliphatic hydroxyl groups excluding tert-OH is 1. The number of phenolic OH excluding ortho intramolecular Hbond substituents is 1. The van der Waals surface area contributed by atoms with Gasteiger partial charge in [0.25, 0.3) is 0 Å². The molecule has 90 valence electrons. The lowest BCUT2D eigenvalue weighted by Gasteiger charge is -2.15. The molecule has 0 spiro atoms. The minimum absolute atomic E-state index is 0.0698. The number of ether oxygens (including phenoxy) is 1. The van der Waals surface area contributed by atoms with Gasteiger partial charge in [-0.1, -0.05) is 6.07 Å². The van der Waals surface area contributed by atoms with Crippen LogP contribution < -0.4 is 4.74 Å². The number of aromatic hydroxyl groups is 1. The number of alkyl halides is 3. The maximum Gasteiger partial charge on any atom is 0.420 e. The summed E-state index contributed by atoms with van der Waals surface area (Å²) in [4.78, 5) is 0. The molecule has 0 aliphatic carbocycles. The van der Waals surface area contributed by atoms with Crippen LogP contribution in [0.2, 0.25) is 0 Å². The molecular formula is C10H11F3O3. The first kappa shape index (κ1) is 12.6. The van der Waals surface area contributed by atoms with Crippen molar-refractivity contribution in [3.63, 3.8) is 0 Å². The fraction of sp³-hybridized carbons (Fsp3) is 0.400. The van der Waals surface area contributed by atoms with Crippen LogP contribution in [0.1, 0.15) is 11.1 Å². The molecule has 2 N–H and O–H groups in total. The van der Waals surface area contributed by atoms with Gasteiger partial charge in [0.15, 0.2) is 11.5 Å².